The number of benzene rings is 1. The Morgan fingerprint density at radius 1 is 1.22 bits per heavy atom. The molecule has 0 amide bonds. The van der Waals surface area contributed by atoms with E-state index < -0.39 is 0 Å². The molecule has 2 aliphatic heterocycles. The van der Waals surface area contributed by atoms with E-state index in [-0.39, 0.29) is 11.6 Å². The van der Waals surface area contributed by atoms with Crippen molar-refractivity contribution in [3.63, 3.8) is 0 Å². The fourth-order valence-electron chi connectivity index (χ4n) is 3.84. The second-order valence-corrected chi connectivity index (χ2v) is 6.32. The largest absolute Gasteiger partial charge is 0.373 e. The zero-order valence-corrected chi connectivity index (χ0v) is 11.6. The molecule has 2 saturated heterocycles. The molecule has 1 aromatic rings. The predicted molar refractivity (Wildman–Crippen MR) is 73.8 cm³/mol. The molecule has 98 valence electrons. The zero-order chi connectivity index (χ0) is 12.9. The summed E-state index contributed by atoms with van der Waals surface area (Å²) in [5.41, 5.74) is 12.0. The Kier molecular flexibility index (Phi) is 2.76. The maximum absolute atomic E-state index is 6.63. The summed E-state index contributed by atoms with van der Waals surface area (Å²) in [4.78, 5) is 0. The molecule has 2 heterocycles. The van der Waals surface area contributed by atoms with E-state index in [1.807, 2.05) is 0 Å². The molecule has 2 N–H and O–H groups in total. The van der Waals surface area contributed by atoms with Crippen molar-refractivity contribution in [2.45, 2.75) is 64.2 Å². The normalized spacial score (nSPS) is 34.2. The lowest BCUT2D eigenvalue weighted by Crippen LogP contribution is -2.50. The number of rotatable bonds is 2. The van der Waals surface area contributed by atoms with Crippen molar-refractivity contribution in [3.05, 3.63) is 34.4 Å². The third kappa shape index (κ3) is 1.88. The van der Waals surface area contributed by atoms with Crippen molar-refractivity contribution < 1.29 is 4.74 Å². The summed E-state index contributed by atoms with van der Waals surface area (Å²) in [5.74, 6) is 0. The molecule has 2 nitrogen and oxygen atoms in total. The highest BCUT2D eigenvalue weighted by Crippen LogP contribution is 2.42. The number of hydrogen-bond donors (Lipinski definition) is 1. The van der Waals surface area contributed by atoms with Gasteiger partial charge in [-0.3, -0.25) is 0 Å². The maximum atomic E-state index is 6.63. The van der Waals surface area contributed by atoms with Gasteiger partial charge in [-0.1, -0.05) is 17.7 Å². The first-order valence-electron chi connectivity index (χ1n) is 6.99. The van der Waals surface area contributed by atoms with Crippen LogP contribution in [0.2, 0.25) is 0 Å². The maximum Gasteiger partial charge on any atom is 0.0763 e. The van der Waals surface area contributed by atoms with Crippen molar-refractivity contribution >= 4 is 0 Å². The van der Waals surface area contributed by atoms with Gasteiger partial charge in [0.1, 0.15) is 0 Å². The van der Waals surface area contributed by atoms with Crippen LogP contribution in [0, 0.1) is 20.8 Å². The zero-order valence-electron chi connectivity index (χ0n) is 11.6. The standard InChI is InChI=1S/C16H23NO/c1-10-6-11(2)14(12(3)7-10)9-16(17)8-13-4-5-15(16)18-13/h6-7,13,15H,4-5,8-9,17H2,1-3H3. The molecule has 0 spiro atoms. The summed E-state index contributed by atoms with van der Waals surface area (Å²) < 4.78 is 5.94. The van der Waals surface area contributed by atoms with E-state index >= 15 is 0 Å². The van der Waals surface area contributed by atoms with Crippen molar-refractivity contribution in [1.82, 2.24) is 0 Å². The number of hydrogen-bond acceptors (Lipinski definition) is 2. The predicted octanol–water partition coefficient (Wildman–Crippen LogP) is 2.80. The van der Waals surface area contributed by atoms with Crippen LogP contribution in [0.5, 0.6) is 0 Å². The minimum atomic E-state index is -0.131. The first-order chi connectivity index (χ1) is 8.48. The third-order valence-corrected chi connectivity index (χ3v) is 4.70. The molecule has 0 saturated carbocycles. The van der Waals surface area contributed by atoms with Crippen LogP contribution in [0.4, 0.5) is 0 Å². The molecule has 0 aromatic heterocycles. The Hall–Kier alpha value is -0.860. The summed E-state index contributed by atoms with van der Waals surface area (Å²) in [7, 11) is 0. The number of fused-ring (bicyclic) bond motifs is 2. The van der Waals surface area contributed by atoms with E-state index in [1.165, 1.54) is 28.7 Å². The highest BCUT2D eigenvalue weighted by molar-refractivity contribution is 5.39. The first-order valence-corrected chi connectivity index (χ1v) is 6.99. The van der Waals surface area contributed by atoms with Gasteiger partial charge in [0.15, 0.2) is 0 Å². The highest BCUT2D eigenvalue weighted by Gasteiger charge is 2.49. The minimum Gasteiger partial charge on any atom is -0.373 e. The van der Waals surface area contributed by atoms with E-state index in [4.69, 9.17) is 10.5 Å². The van der Waals surface area contributed by atoms with Crippen LogP contribution in [-0.4, -0.2) is 17.7 Å². The van der Waals surface area contributed by atoms with Crippen LogP contribution < -0.4 is 5.73 Å². The number of ether oxygens (including phenoxy) is 1. The summed E-state index contributed by atoms with van der Waals surface area (Å²) in [6, 6.07) is 4.53. The molecule has 0 radical (unpaired) electrons. The lowest BCUT2D eigenvalue weighted by Gasteiger charge is -2.32. The van der Waals surface area contributed by atoms with Gasteiger partial charge in [0.2, 0.25) is 0 Å². The molecule has 1 aromatic carbocycles. The van der Waals surface area contributed by atoms with E-state index in [9.17, 15) is 0 Å². The van der Waals surface area contributed by atoms with Gasteiger partial charge in [0.05, 0.1) is 12.2 Å². The van der Waals surface area contributed by atoms with Crippen LogP contribution in [0.15, 0.2) is 12.1 Å². The lowest BCUT2D eigenvalue weighted by molar-refractivity contribution is 0.0856. The molecular formula is C16H23NO. The van der Waals surface area contributed by atoms with Crippen LogP contribution in [0.1, 0.15) is 41.5 Å². The van der Waals surface area contributed by atoms with Crippen molar-refractivity contribution in [2.75, 3.05) is 0 Å². The Labute approximate surface area is 110 Å². The van der Waals surface area contributed by atoms with Gasteiger partial charge >= 0.3 is 0 Å². The minimum absolute atomic E-state index is 0.131. The van der Waals surface area contributed by atoms with E-state index in [0.29, 0.717) is 6.10 Å². The summed E-state index contributed by atoms with van der Waals surface area (Å²) in [6.07, 6.45) is 5.05. The van der Waals surface area contributed by atoms with Gasteiger partial charge in [0.25, 0.3) is 0 Å². The quantitative estimate of drug-likeness (QED) is 0.869. The van der Waals surface area contributed by atoms with E-state index in [1.54, 1.807) is 0 Å². The van der Waals surface area contributed by atoms with E-state index in [0.717, 1.165) is 19.3 Å². The number of aryl methyl sites for hydroxylation is 3. The van der Waals surface area contributed by atoms with Crippen LogP contribution in [-0.2, 0) is 11.2 Å². The average molecular weight is 245 g/mol. The van der Waals surface area contributed by atoms with Crippen LogP contribution in [0.3, 0.4) is 0 Å². The van der Waals surface area contributed by atoms with Crippen molar-refractivity contribution in [2.24, 2.45) is 5.73 Å². The van der Waals surface area contributed by atoms with Gasteiger partial charge in [-0.2, -0.15) is 0 Å². The Morgan fingerprint density at radius 2 is 1.89 bits per heavy atom. The lowest BCUT2D eigenvalue weighted by atomic mass is 9.76. The number of nitrogens with two attached hydrogens (primary N) is 1. The van der Waals surface area contributed by atoms with Crippen molar-refractivity contribution in [1.29, 1.82) is 0 Å². The van der Waals surface area contributed by atoms with E-state index in [2.05, 4.69) is 32.9 Å². The Bertz CT molecular complexity index is 459. The molecule has 2 fully saturated rings. The molecule has 3 atom stereocenters. The van der Waals surface area contributed by atoms with Crippen LogP contribution >= 0.6 is 0 Å². The highest BCUT2D eigenvalue weighted by atomic mass is 16.5. The van der Waals surface area contributed by atoms with Gasteiger partial charge in [0, 0.05) is 5.54 Å². The molecule has 0 aliphatic carbocycles. The Balaban J connectivity index is 1.89. The van der Waals surface area contributed by atoms with Gasteiger partial charge < -0.3 is 10.5 Å². The Morgan fingerprint density at radius 3 is 2.39 bits per heavy atom. The molecule has 3 unspecified atom stereocenters. The summed E-state index contributed by atoms with van der Waals surface area (Å²) in [5, 5.41) is 0. The van der Waals surface area contributed by atoms with Crippen molar-refractivity contribution in [3.8, 4) is 0 Å². The molecule has 3 rings (SSSR count). The fraction of sp³-hybridized carbons (Fsp3) is 0.625. The average Bonchev–Trinajstić information content (AvgIpc) is 2.83. The summed E-state index contributed by atoms with van der Waals surface area (Å²) >= 11 is 0. The van der Waals surface area contributed by atoms with Gasteiger partial charge in [-0.15, -0.1) is 0 Å². The van der Waals surface area contributed by atoms with Gasteiger partial charge in [-0.05, 0) is 63.1 Å². The molecule has 18 heavy (non-hydrogen) atoms. The molecule has 2 bridgehead atoms. The molecule has 2 aliphatic rings. The summed E-state index contributed by atoms with van der Waals surface area (Å²) in [6.45, 7) is 6.56. The monoisotopic (exact) mass is 245 g/mol. The molecular weight excluding hydrogens is 222 g/mol. The SMILES string of the molecule is Cc1cc(C)c(CC2(N)CC3CCC2O3)c(C)c1. The third-order valence-electron chi connectivity index (χ3n) is 4.70. The smallest absolute Gasteiger partial charge is 0.0763 e. The second kappa shape index (κ2) is 4.07. The van der Waals surface area contributed by atoms with Gasteiger partial charge in [-0.25, -0.2) is 0 Å². The fourth-order valence-corrected chi connectivity index (χ4v) is 3.84. The topological polar surface area (TPSA) is 35.2 Å². The molecule has 2 heteroatoms. The van der Waals surface area contributed by atoms with Crippen LogP contribution in [0.25, 0.3) is 0 Å². The second-order valence-electron chi connectivity index (χ2n) is 6.32. The first kappa shape index (κ1) is 12.2.